The van der Waals surface area contributed by atoms with Crippen molar-refractivity contribution in [3.8, 4) is 5.75 Å². The second-order valence-corrected chi connectivity index (χ2v) is 7.97. The van der Waals surface area contributed by atoms with Gasteiger partial charge in [-0.2, -0.15) is 0 Å². The number of hydrogen-bond acceptors (Lipinski definition) is 6. The van der Waals surface area contributed by atoms with Crippen molar-refractivity contribution < 1.29 is 14.3 Å². The van der Waals surface area contributed by atoms with Crippen molar-refractivity contribution in [1.29, 1.82) is 0 Å². The molecule has 0 bridgehead atoms. The van der Waals surface area contributed by atoms with Crippen molar-refractivity contribution in [1.82, 2.24) is 9.55 Å². The summed E-state index contributed by atoms with van der Waals surface area (Å²) in [4.78, 5) is 41.9. The Bertz CT molecular complexity index is 1250. The van der Waals surface area contributed by atoms with E-state index in [0.29, 0.717) is 5.75 Å². The number of rotatable bonds is 10. The Balaban J connectivity index is 1.85. The zero-order valence-electron chi connectivity index (χ0n) is 19.7. The van der Waals surface area contributed by atoms with Crippen molar-refractivity contribution in [2.24, 2.45) is 0 Å². The van der Waals surface area contributed by atoms with Crippen LogP contribution in [-0.4, -0.2) is 42.3 Å². The second kappa shape index (κ2) is 11.3. The van der Waals surface area contributed by atoms with Crippen LogP contribution >= 0.6 is 0 Å². The molecule has 3 rings (SSSR count). The van der Waals surface area contributed by atoms with Crippen LogP contribution in [0.1, 0.15) is 23.1 Å². The fourth-order valence-electron chi connectivity index (χ4n) is 3.65. The zero-order valence-corrected chi connectivity index (χ0v) is 19.7. The lowest BCUT2D eigenvalue weighted by atomic mass is 10.1. The number of nitrogens with one attached hydrogen (secondary N) is 1. The number of nitrogens with two attached hydrogens (primary N) is 1. The van der Waals surface area contributed by atoms with E-state index in [1.165, 1.54) is 16.6 Å². The van der Waals surface area contributed by atoms with Gasteiger partial charge in [0.15, 0.2) is 5.69 Å². The van der Waals surface area contributed by atoms with Crippen LogP contribution in [0.5, 0.6) is 5.75 Å². The number of H-pyrrole nitrogens is 1. The van der Waals surface area contributed by atoms with E-state index in [1.54, 1.807) is 0 Å². The fourth-order valence-corrected chi connectivity index (χ4v) is 3.65. The third-order valence-corrected chi connectivity index (χ3v) is 5.39. The smallest absolute Gasteiger partial charge is 0.330 e. The molecule has 0 aliphatic heterocycles. The van der Waals surface area contributed by atoms with Gasteiger partial charge in [-0.05, 0) is 31.0 Å². The molecule has 9 heteroatoms. The number of nitrogens with zero attached hydrogens (tertiary/aromatic N) is 2. The molecule has 0 radical (unpaired) electrons. The summed E-state index contributed by atoms with van der Waals surface area (Å²) in [5.74, 6) is 0.233. The van der Waals surface area contributed by atoms with Crippen LogP contribution in [0.4, 0.5) is 11.5 Å². The number of methoxy groups -OCH3 is 1. The monoisotopic (exact) mass is 466 g/mol. The maximum atomic E-state index is 13.1. The van der Waals surface area contributed by atoms with Crippen molar-refractivity contribution in [2.45, 2.75) is 26.8 Å². The molecule has 0 spiro atoms. The van der Waals surface area contributed by atoms with Gasteiger partial charge >= 0.3 is 5.69 Å². The number of nitrogen functional groups attached to an aromatic ring is 1. The number of carbonyl (C=O) groups excluding carboxylic acids is 1. The minimum absolute atomic E-state index is 0.00766. The Morgan fingerprint density at radius 3 is 2.50 bits per heavy atom. The Hall–Kier alpha value is -3.85. The van der Waals surface area contributed by atoms with E-state index >= 15 is 0 Å². The van der Waals surface area contributed by atoms with Crippen LogP contribution in [0.25, 0.3) is 0 Å². The lowest BCUT2D eigenvalue weighted by Gasteiger charge is -2.24. The van der Waals surface area contributed by atoms with Gasteiger partial charge in [-0.1, -0.05) is 48.0 Å². The number of amides is 1. The van der Waals surface area contributed by atoms with E-state index in [0.717, 1.165) is 16.7 Å². The van der Waals surface area contributed by atoms with E-state index in [-0.39, 0.29) is 50.1 Å². The van der Waals surface area contributed by atoms with Crippen molar-refractivity contribution in [3.63, 3.8) is 0 Å². The van der Waals surface area contributed by atoms with Crippen LogP contribution in [0.3, 0.4) is 0 Å². The first-order chi connectivity index (χ1) is 16.3. The molecule has 1 amide bonds. The van der Waals surface area contributed by atoms with Gasteiger partial charge < -0.3 is 20.1 Å². The van der Waals surface area contributed by atoms with E-state index < -0.39 is 11.2 Å². The molecule has 1 heterocycles. The molecule has 0 aliphatic carbocycles. The first-order valence-corrected chi connectivity index (χ1v) is 11.0. The number of hydrogen-bond donors (Lipinski definition) is 2. The molecule has 0 saturated heterocycles. The Kier molecular flexibility index (Phi) is 8.26. The van der Waals surface area contributed by atoms with Gasteiger partial charge in [0, 0.05) is 13.7 Å². The number of carbonyl (C=O) groups is 1. The topological polar surface area (TPSA) is 120 Å². The SMILES string of the molecule is COCCN(C(=O)CCOc1ccc(C)cc1C)c1c(N)n(Cc2ccccc2)c(=O)[nH]c1=O. The highest BCUT2D eigenvalue weighted by Crippen LogP contribution is 2.21. The summed E-state index contributed by atoms with van der Waals surface area (Å²) in [6, 6.07) is 15.0. The summed E-state index contributed by atoms with van der Waals surface area (Å²) in [6.07, 6.45) is 0.00766. The van der Waals surface area contributed by atoms with E-state index in [4.69, 9.17) is 15.2 Å². The third-order valence-electron chi connectivity index (χ3n) is 5.39. The largest absolute Gasteiger partial charge is 0.493 e. The summed E-state index contributed by atoms with van der Waals surface area (Å²) < 4.78 is 12.2. The first kappa shape index (κ1) is 24.8. The lowest BCUT2D eigenvalue weighted by molar-refractivity contribution is -0.119. The summed E-state index contributed by atoms with van der Waals surface area (Å²) in [7, 11) is 1.50. The summed E-state index contributed by atoms with van der Waals surface area (Å²) in [5.41, 5.74) is 7.73. The van der Waals surface area contributed by atoms with Gasteiger partial charge in [-0.3, -0.25) is 19.1 Å². The quantitative estimate of drug-likeness (QED) is 0.473. The molecule has 180 valence electrons. The van der Waals surface area contributed by atoms with Crippen molar-refractivity contribution in [3.05, 3.63) is 86.1 Å². The number of aromatic nitrogens is 2. The van der Waals surface area contributed by atoms with E-state index in [9.17, 15) is 14.4 Å². The standard InChI is InChI=1S/C25H30N4O5/c1-17-9-10-20(18(2)15-17)34-13-11-21(30)28(12-14-33-3)22-23(26)29(25(32)27-24(22)31)16-19-7-5-4-6-8-19/h4-10,15H,11-14,16,26H2,1-3H3,(H,27,31,32). The molecule has 3 N–H and O–H groups in total. The third kappa shape index (κ3) is 5.93. The molecular weight excluding hydrogens is 436 g/mol. The Morgan fingerprint density at radius 2 is 1.82 bits per heavy atom. The van der Waals surface area contributed by atoms with Gasteiger partial charge in [0.25, 0.3) is 5.56 Å². The first-order valence-electron chi connectivity index (χ1n) is 11.0. The second-order valence-electron chi connectivity index (χ2n) is 7.97. The van der Waals surface area contributed by atoms with Crippen LogP contribution < -0.4 is 26.6 Å². The molecule has 0 aliphatic rings. The van der Waals surface area contributed by atoms with E-state index in [2.05, 4.69) is 4.98 Å². The van der Waals surface area contributed by atoms with Crippen LogP contribution in [0.2, 0.25) is 0 Å². The summed E-state index contributed by atoms with van der Waals surface area (Å²) >= 11 is 0. The van der Waals surface area contributed by atoms with Gasteiger partial charge in [-0.15, -0.1) is 0 Å². The highest BCUT2D eigenvalue weighted by atomic mass is 16.5. The zero-order chi connectivity index (χ0) is 24.7. The van der Waals surface area contributed by atoms with Gasteiger partial charge in [0.05, 0.1) is 26.2 Å². The number of ether oxygens (including phenoxy) is 2. The minimum Gasteiger partial charge on any atom is -0.493 e. The molecule has 0 atom stereocenters. The maximum absolute atomic E-state index is 13.1. The number of aromatic amines is 1. The molecule has 2 aromatic carbocycles. The molecule has 9 nitrogen and oxygen atoms in total. The fraction of sp³-hybridized carbons (Fsp3) is 0.320. The highest BCUT2D eigenvalue weighted by molar-refractivity contribution is 5.95. The van der Waals surface area contributed by atoms with E-state index in [1.807, 2.05) is 62.4 Å². The Labute approximate surface area is 197 Å². The number of benzene rings is 2. The molecule has 34 heavy (non-hydrogen) atoms. The normalized spacial score (nSPS) is 10.8. The molecule has 0 fully saturated rings. The average Bonchev–Trinajstić information content (AvgIpc) is 2.80. The predicted molar refractivity (Wildman–Crippen MR) is 132 cm³/mol. The minimum atomic E-state index is -0.730. The van der Waals surface area contributed by atoms with Gasteiger partial charge in [0.1, 0.15) is 11.6 Å². The van der Waals surface area contributed by atoms with Crippen molar-refractivity contribution >= 4 is 17.4 Å². The molecule has 0 saturated carbocycles. The van der Waals surface area contributed by atoms with Crippen molar-refractivity contribution in [2.75, 3.05) is 37.5 Å². The highest BCUT2D eigenvalue weighted by Gasteiger charge is 2.24. The molecule has 1 aromatic heterocycles. The summed E-state index contributed by atoms with van der Waals surface area (Å²) in [6.45, 7) is 4.47. The number of anilines is 2. The number of aryl methyl sites for hydroxylation is 2. The Morgan fingerprint density at radius 1 is 1.09 bits per heavy atom. The molecule has 3 aromatic rings. The lowest BCUT2D eigenvalue weighted by Crippen LogP contribution is -2.43. The van der Waals surface area contributed by atoms with Gasteiger partial charge in [-0.25, -0.2) is 4.79 Å². The van der Waals surface area contributed by atoms with Crippen LogP contribution in [0.15, 0.2) is 58.1 Å². The van der Waals surface area contributed by atoms with Crippen LogP contribution in [0, 0.1) is 13.8 Å². The van der Waals surface area contributed by atoms with Crippen LogP contribution in [-0.2, 0) is 16.1 Å². The molecular formula is C25H30N4O5. The predicted octanol–water partition coefficient (Wildman–Crippen LogP) is 2.23. The average molecular weight is 467 g/mol. The maximum Gasteiger partial charge on any atom is 0.330 e. The summed E-state index contributed by atoms with van der Waals surface area (Å²) in [5, 5.41) is 0. The molecule has 0 unspecified atom stereocenters. The van der Waals surface area contributed by atoms with Gasteiger partial charge in [0.2, 0.25) is 5.91 Å².